The number of aryl methyl sites for hydroxylation is 1. The zero-order valence-corrected chi connectivity index (χ0v) is 15.0. The lowest BCUT2D eigenvalue weighted by molar-refractivity contribution is 0.593. The zero-order chi connectivity index (χ0) is 17.4. The van der Waals surface area contributed by atoms with Gasteiger partial charge in [0.05, 0.1) is 17.1 Å². The van der Waals surface area contributed by atoms with Gasteiger partial charge in [0, 0.05) is 0 Å². The van der Waals surface area contributed by atoms with Crippen LogP contribution in [0.5, 0.6) is 0 Å². The third-order valence-corrected chi connectivity index (χ3v) is 5.73. The summed E-state index contributed by atoms with van der Waals surface area (Å²) in [6.45, 7) is 6.10. The van der Waals surface area contributed by atoms with Crippen LogP contribution < -0.4 is 4.31 Å². The smallest absolute Gasteiger partial charge is 0.263 e. The molecule has 0 spiro atoms. The highest BCUT2D eigenvalue weighted by Crippen LogP contribution is 2.24. The number of benzene rings is 2. The Bertz CT molecular complexity index is 737. The molecule has 128 valence electrons. The van der Waals surface area contributed by atoms with Crippen molar-refractivity contribution < 1.29 is 8.42 Å². The number of hydrogen-bond donors (Lipinski definition) is 0. The van der Waals surface area contributed by atoms with Crippen LogP contribution >= 0.6 is 0 Å². The Labute approximate surface area is 145 Å². The lowest BCUT2D eigenvalue weighted by atomic mass is 10.1. The number of para-hydroxylation sites is 1. The van der Waals surface area contributed by atoms with E-state index in [0.29, 0.717) is 10.6 Å². The molecule has 4 heteroatoms. The largest absolute Gasteiger partial charge is 0.264 e. The predicted octanol–water partition coefficient (Wildman–Crippen LogP) is 4.80. The van der Waals surface area contributed by atoms with E-state index in [2.05, 4.69) is 13.5 Å². The van der Waals surface area contributed by atoms with Crippen LogP contribution in [0.2, 0.25) is 0 Å². The minimum atomic E-state index is -3.60. The molecule has 2 aromatic carbocycles. The van der Waals surface area contributed by atoms with Crippen molar-refractivity contribution in [3.05, 3.63) is 72.8 Å². The fourth-order valence-corrected chi connectivity index (χ4v) is 4.02. The number of rotatable bonds is 9. The Morgan fingerprint density at radius 1 is 1.00 bits per heavy atom. The van der Waals surface area contributed by atoms with Gasteiger partial charge in [0.15, 0.2) is 0 Å². The van der Waals surface area contributed by atoms with Gasteiger partial charge in [-0.3, -0.25) is 4.31 Å². The molecule has 0 aromatic heterocycles. The first-order valence-electron chi connectivity index (χ1n) is 8.37. The summed E-state index contributed by atoms with van der Waals surface area (Å²) in [5.41, 5.74) is 1.82. The van der Waals surface area contributed by atoms with Gasteiger partial charge in [-0.05, 0) is 42.7 Å². The van der Waals surface area contributed by atoms with E-state index in [0.717, 1.165) is 12.8 Å². The molecule has 3 nitrogen and oxygen atoms in total. The number of anilines is 1. The first-order chi connectivity index (χ1) is 11.6. The molecule has 0 aliphatic carbocycles. The normalized spacial score (nSPS) is 11.2. The van der Waals surface area contributed by atoms with Gasteiger partial charge in [0.2, 0.25) is 0 Å². The second-order valence-corrected chi connectivity index (χ2v) is 7.62. The minimum absolute atomic E-state index is 0.241. The lowest BCUT2D eigenvalue weighted by Crippen LogP contribution is -2.31. The van der Waals surface area contributed by atoms with Crippen LogP contribution in [0.1, 0.15) is 31.7 Å². The van der Waals surface area contributed by atoms with Crippen molar-refractivity contribution in [3.8, 4) is 0 Å². The van der Waals surface area contributed by atoms with Gasteiger partial charge < -0.3 is 0 Å². The fourth-order valence-electron chi connectivity index (χ4n) is 2.59. The molecule has 0 amide bonds. The van der Waals surface area contributed by atoms with Crippen LogP contribution in [-0.2, 0) is 16.4 Å². The quantitative estimate of drug-likeness (QED) is 0.484. The minimum Gasteiger partial charge on any atom is -0.263 e. The van der Waals surface area contributed by atoms with Crippen molar-refractivity contribution in [1.29, 1.82) is 0 Å². The highest BCUT2D eigenvalue weighted by molar-refractivity contribution is 7.92. The average Bonchev–Trinajstić information content (AvgIpc) is 2.61. The van der Waals surface area contributed by atoms with Crippen LogP contribution in [0.15, 0.2) is 72.1 Å². The van der Waals surface area contributed by atoms with Crippen molar-refractivity contribution in [2.24, 2.45) is 0 Å². The standard InChI is InChI=1S/C20H25NO2S/c1-3-5-7-10-18-13-15-20(16-14-18)24(22,23)21(17-4-2)19-11-8-6-9-12-19/h4,6,8-9,11-16H,2-3,5,7,10,17H2,1H3. The monoisotopic (exact) mass is 343 g/mol. The van der Waals surface area contributed by atoms with Crippen LogP contribution in [0.4, 0.5) is 5.69 Å². The maximum Gasteiger partial charge on any atom is 0.264 e. The number of hydrogen-bond acceptors (Lipinski definition) is 2. The summed E-state index contributed by atoms with van der Waals surface area (Å²) in [6, 6.07) is 16.4. The summed E-state index contributed by atoms with van der Waals surface area (Å²) in [5.74, 6) is 0. The molecule has 0 atom stereocenters. The number of nitrogens with zero attached hydrogens (tertiary/aromatic N) is 1. The molecule has 0 fully saturated rings. The van der Waals surface area contributed by atoms with Crippen LogP contribution in [0.25, 0.3) is 0 Å². The van der Waals surface area contributed by atoms with Crippen molar-refractivity contribution in [3.63, 3.8) is 0 Å². The maximum atomic E-state index is 13.0. The maximum absolute atomic E-state index is 13.0. The Balaban J connectivity index is 2.25. The lowest BCUT2D eigenvalue weighted by Gasteiger charge is -2.23. The summed E-state index contributed by atoms with van der Waals surface area (Å²) in [7, 11) is -3.60. The second-order valence-electron chi connectivity index (χ2n) is 5.76. The fraction of sp³-hybridized carbons (Fsp3) is 0.300. The van der Waals surface area contributed by atoms with E-state index in [1.807, 2.05) is 30.3 Å². The molecular formula is C20H25NO2S. The number of unbranched alkanes of at least 4 members (excludes halogenated alkanes) is 2. The molecular weight excluding hydrogens is 318 g/mol. The molecule has 2 aromatic rings. The third-order valence-electron chi connectivity index (χ3n) is 3.92. The second kappa shape index (κ2) is 8.69. The van der Waals surface area contributed by atoms with E-state index in [9.17, 15) is 8.42 Å². The molecule has 0 saturated carbocycles. The van der Waals surface area contributed by atoms with E-state index in [1.54, 1.807) is 30.3 Å². The Kier molecular flexibility index (Phi) is 6.62. The molecule has 0 saturated heterocycles. The summed E-state index contributed by atoms with van der Waals surface area (Å²) in [4.78, 5) is 0.312. The molecule has 2 rings (SSSR count). The van der Waals surface area contributed by atoms with Crippen LogP contribution in [-0.4, -0.2) is 15.0 Å². The van der Waals surface area contributed by atoms with Crippen LogP contribution in [0.3, 0.4) is 0 Å². The van der Waals surface area contributed by atoms with E-state index < -0.39 is 10.0 Å². The molecule has 0 heterocycles. The SMILES string of the molecule is C=CCN(c1ccccc1)S(=O)(=O)c1ccc(CCCCC)cc1. The van der Waals surface area contributed by atoms with Gasteiger partial charge in [-0.15, -0.1) is 6.58 Å². The highest BCUT2D eigenvalue weighted by Gasteiger charge is 2.23. The Hall–Kier alpha value is -2.07. The molecule has 0 bridgehead atoms. The van der Waals surface area contributed by atoms with Gasteiger partial charge in [-0.25, -0.2) is 8.42 Å². The molecule has 0 N–H and O–H groups in total. The molecule has 0 unspecified atom stereocenters. The van der Waals surface area contributed by atoms with Crippen molar-refractivity contribution in [2.45, 2.75) is 37.5 Å². The molecule has 24 heavy (non-hydrogen) atoms. The third kappa shape index (κ3) is 4.48. The van der Waals surface area contributed by atoms with Gasteiger partial charge in [-0.1, -0.05) is 56.2 Å². The number of sulfonamides is 1. The predicted molar refractivity (Wildman–Crippen MR) is 101 cm³/mol. The van der Waals surface area contributed by atoms with Gasteiger partial charge in [0.1, 0.15) is 0 Å². The van der Waals surface area contributed by atoms with Crippen LogP contribution in [0, 0.1) is 0 Å². The molecule has 0 aliphatic rings. The van der Waals surface area contributed by atoms with Gasteiger partial charge in [-0.2, -0.15) is 0 Å². The summed E-state index contributed by atoms with van der Waals surface area (Å²) < 4.78 is 27.3. The average molecular weight is 343 g/mol. The summed E-state index contributed by atoms with van der Waals surface area (Å²) in [5, 5.41) is 0. The Morgan fingerprint density at radius 2 is 1.67 bits per heavy atom. The zero-order valence-electron chi connectivity index (χ0n) is 14.2. The molecule has 0 radical (unpaired) electrons. The summed E-state index contributed by atoms with van der Waals surface area (Å²) in [6.07, 6.45) is 6.10. The van der Waals surface area contributed by atoms with Crippen molar-refractivity contribution >= 4 is 15.7 Å². The topological polar surface area (TPSA) is 37.4 Å². The van der Waals surface area contributed by atoms with E-state index in [1.165, 1.54) is 22.7 Å². The Morgan fingerprint density at radius 3 is 2.25 bits per heavy atom. The highest BCUT2D eigenvalue weighted by atomic mass is 32.2. The molecule has 0 aliphatic heterocycles. The van der Waals surface area contributed by atoms with Gasteiger partial charge in [0.25, 0.3) is 10.0 Å². The van der Waals surface area contributed by atoms with Crippen molar-refractivity contribution in [2.75, 3.05) is 10.8 Å². The van der Waals surface area contributed by atoms with E-state index in [-0.39, 0.29) is 6.54 Å². The van der Waals surface area contributed by atoms with E-state index >= 15 is 0 Å². The van der Waals surface area contributed by atoms with Crippen molar-refractivity contribution in [1.82, 2.24) is 0 Å². The first-order valence-corrected chi connectivity index (χ1v) is 9.81. The van der Waals surface area contributed by atoms with Gasteiger partial charge >= 0.3 is 0 Å². The summed E-state index contributed by atoms with van der Waals surface area (Å²) >= 11 is 0. The van der Waals surface area contributed by atoms with E-state index in [4.69, 9.17) is 0 Å². The first kappa shape index (κ1) is 18.3.